The average molecular weight is 503 g/mol. The summed E-state index contributed by atoms with van der Waals surface area (Å²) in [5.41, 5.74) is 1.84. The first-order valence-corrected chi connectivity index (χ1v) is 11.1. The van der Waals surface area contributed by atoms with E-state index in [1.54, 1.807) is 12.1 Å². The van der Waals surface area contributed by atoms with Gasteiger partial charge in [0.2, 0.25) is 0 Å². The maximum absolute atomic E-state index is 13.3. The van der Waals surface area contributed by atoms with E-state index in [1.807, 2.05) is 25.1 Å². The summed E-state index contributed by atoms with van der Waals surface area (Å²) in [6, 6.07) is 15.7. The van der Waals surface area contributed by atoms with Gasteiger partial charge in [-0.2, -0.15) is 0 Å². The van der Waals surface area contributed by atoms with Crippen LogP contribution in [0.15, 0.2) is 72.3 Å². The number of anilines is 2. The van der Waals surface area contributed by atoms with Crippen LogP contribution in [0.4, 0.5) is 20.6 Å². The molecule has 1 heterocycles. The largest absolute Gasteiger partial charge is 0.493 e. The molecular weight excluding hydrogens is 481 g/mol. The Morgan fingerprint density at radius 2 is 1.78 bits per heavy atom. The number of nitrogens with zero attached hydrogens (tertiary/aromatic N) is 1. The monoisotopic (exact) mass is 503 g/mol. The molecule has 1 saturated heterocycles. The van der Waals surface area contributed by atoms with Crippen molar-refractivity contribution in [3.8, 4) is 11.5 Å². The van der Waals surface area contributed by atoms with Gasteiger partial charge in [0.25, 0.3) is 17.7 Å². The lowest BCUT2D eigenvalue weighted by molar-refractivity contribution is -0.122. The standard InChI is InChI=1S/C27H22FN3O6/c1-16-4-3-5-19(12-16)29-24(32)15-37-22-11-6-17(14-23(22)36-2)13-21-25(33)30-27(35)31(26(21)34)20-9-7-18(28)8-10-20/h3-14H,15H2,1-2H3,(H,29,32)(H,30,33,35)/b21-13-. The first kappa shape index (κ1) is 25.1. The highest BCUT2D eigenvalue weighted by Crippen LogP contribution is 2.30. The Bertz CT molecular complexity index is 1420. The summed E-state index contributed by atoms with van der Waals surface area (Å²) >= 11 is 0. The van der Waals surface area contributed by atoms with Crippen molar-refractivity contribution in [3.05, 3.63) is 89.2 Å². The lowest BCUT2D eigenvalue weighted by Crippen LogP contribution is -2.54. The molecule has 0 spiro atoms. The summed E-state index contributed by atoms with van der Waals surface area (Å²) in [6.45, 7) is 1.64. The van der Waals surface area contributed by atoms with Crippen LogP contribution in [-0.2, 0) is 14.4 Å². The topological polar surface area (TPSA) is 114 Å². The Morgan fingerprint density at radius 3 is 2.49 bits per heavy atom. The zero-order valence-corrected chi connectivity index (χ0v) is 19.9. The van der Waals surface area contributed by atoms with E-state index in [-0.39, 0.29) is 35.3 Å². The van der Waals surface area contributed by atoms with E-state index in [4.69, 9.17) is 9.47 Å². The van der Waals surface area contributed by atoms with Crippen molar-refractivity contribution < 1.29 is 33.0 Å². The van der Waals surface area contributed by atoms with Crippen LogP contribution in [0.1, 0.15) is 11.1 Å². The van der Waals surface area contributed by atoms with E-state index < -0.39 is 23.7 Å². The van der Waals surface area contributed by atoms with Gasteiger partial charge in [-0.1, -0.05) is 18.2 Å². The summed E-state index contributed by atoms with van der Waals surface area (Å²) in [6.07, 6.45) is 1.29. The molecule has 9 nitrogen and oxygen atoms in total. The second-order valence-corrected chi connectivity index (χ2v) is 8.05. The van der Waals surface area contributed by atoms with E-state index in [1.165, 1.54) is 37.5 Å². The van der Waals surface area contributed by atoms with Gasteiger partial charge in [0.15, 0.2) is 18.1 Å². The van der Waals surface area contributed by atoms with Crippen molar-refractivity contribution in [3.63, 3.8) is 0 Å². The molecule has 3 aromatic rings. The van der Waals surface area contributed by atoms with Gasteiger partial charge in [0.1, 0.15) is 11.4 Å². The van der Waals surface area contributed by atoms with E-state index in [0.717, 1.165) is 22.6 Å². The van der Waals surface area contributed by atoms with Crippen LogP contribution in [-0.4, -0.2) is 37.5 Å². The molecule has 0 aromatic heterocycles. The summed E-state index contributed by atoms with van der Waals surface area (Å²) in [7, 11) is 1.40. The third-order valence-electron chi connectivity index (χ3n) is 5.35. The van der Waals surface area contributed by atoms with Crippen LogP contribution < -0.4 is 25.0 Å². The molecule has 0 aliphatic carbocycles. The number of carbonyl (C=O) groups is 4. The van der Waals surface area contributed by atoms with Crippen molar-refractivity contribution >= 4 is 41.2 Å². The van der Waals surface area contributed by atoms with Gasteiger partial charge < -0.3 is 14.8 Å². The Balaban J connectivity index is 1.51. The van der Waals surface area contributed by atoms with Crippen LogP contribution in [0.3, 0.4) is 0 Å². The van der Waals surface area contributed by atoms with E-state index in [9.17, 15) is 23.6 Å². The van der Waals surface area contributed by atoms with Gasteiger partial charge in [0, 0.05) is 5.69 Å². The van der Waals surface area contributed by atoms with Gasteiger partial charge >= 0.3 is 6.03 Å². The second-order valence-electron chi connectivity index (χ2n) is 8.05. The molecule has 3 aromatic carbocycles. The zero-order chi connectivity index (χ0) is 26.5. The van der Waals surface area contributed by atoms with Crippen molar-refractivity contribution in [2.75, 3.05) is 23.9 Å². The number of imide groups is 2. The van der Waals surface area contributed by atoms with Gasteiger partial charge in [-0.15, -0.1) is 0 Å². The number of methoxy groups -OCH3 is 1. The minimum atomic E-state index is -0.941. The van der Waals surface area contributed by atoms with Gasteiger partial charge in [-0.05, 0) is 72.7 Å². The Kier molecular flexibility index (Phi) is 7.28. The SMILES string of the molecule is COc1cc(/C=C2/C(=O)NC(=O)N(c3ccc(F)cc3)C2=O)ccc1OCC(=O)Nc1cccc(C)c1. The second kappa shape index (κ2) is 10.7. The molecule has 0 radical (unpaired) electrons. The molecule has 37 heavy (non-hydrogen) atoms. The summed E-state index contributed by atoms with van der Waals surface area (Å²) < 4.78 is 24.2. The molecule has 5 amide bonds. The number of amides is 5. The highest BCUT2D eigenvalue weighted by molar-refractivity contribution is 6.39. The molecule has 1 fully saturated rings. The molecule has 0 unspecified atom stereocenters. The molecule has 4 rings (SSSR count). The third kappa shape index (κ3) is 5.81. The fourth-order valence-electron chi connectivity index (χ4n) is 3.61. The first-order valence-electron chi connectivity index (χ1n) is 11.1. The minimum Gasteiger partial charge on any atom is -0.493 e. The summed E-state index contributed by atoms with van der Waals surface area (Å²) in [4.78, 5) is 50.7. The number of carbonyl (C=O) groups excluding carboxylic acids is 4. The predicted octanol–water partition coefficient (Wildman–Crippen LogP) is 3.83. The molecule has 2 N–H and O–H groups in total. The average Bonchev–Trinajstić information content (AvgIpc) is 2.86. The maximum atomic E-state index is 13.3. The lowest BCUT2D eigenvalue weighted by Gasteiger charge is -2.26. The number of ether oxygens (including phenoxy) is 2. The Morgan fingerprint density at radius 1 is 1.03 bits per heavy atom. The van der Waals surface area contributed by atoms with Crippen LogP contribution in [0.2, 0.25) is 0 Å². The number of benzene rings is 3. The molecule has 10 heteroatoms. The summed E-state index contributed by atoms with van der Waals surface area (Å²) in [5.74, 6) is -2.12. The van der Waals surface area contributed by atoms with E-state index >= 15 is 0 Å². The first-order chi connectivity index (χ1) is 17.7. The molecule has 188 valence electrons. The van der Waals surface area contributed by atoms with Crippen molar-refractivity contribution in [2.45, 2.75) is 6.92 Å². The van der Waals surface area contributed by atoms with Crippen LogP contribution in [0.25, 0.3) is 6.08 Å². The van der Waals surface area contributed by atoms with Gasteiger partial charge in [-0.25, -0.2) is 14.1 Å². The van der Waals surface area contributed by atoms with Crippen LogP contribution >= 0.6 is 0 Å². The molecule has 0 bridgehead atoms. The zero-order valence-electron chi connectivity index (χ0n) is 19.9. The molecule has 1 aliphatic heterocycles. The van der Waals surface area contributed by atoms with Crippen molar-refractivity contribution in [1.29, 1.82) is 0 Å². The number of barbiturate groups is 1. The predicted molar refractivity (Wildman–Crippen MR) is 134 cm³/mol. The quantitative estimate of drug-likeness (QED) is 0.374. The Labute approximate surface area is 211 Å². The van der Waals surface area contributed by atoms with Gasteiger partial charge in [-0.3, -0.25) is 19.7 Å². The van der Waals surface area contributed by atoms with Crippen molar-refractivity contribution in [1.82, 2.24) is 5.32 Å². The highest BCUT2D eigenvalue weighted by Gasteiger charge is 2.36. The van der Waals surface area contributed by atoms with Crippen LogP contribution in [0, 0.1) is 12.7 Å². The maximum Gasteiger partial charge on any atom is 0.335 e. The molecule has 1 aliphatic rings. The lowest BCUT2D eigenvalue weighted by atomic mass is 10.1. The van der Waals surface area contributed by atoms with Crippen molar-refractivity contribution in [2.24, 2.45) is 0 Å². The third-order valence-corrected chi connectivity index (χ3v) is 5.35. The van der Waals surface area contributed by atoms with Crippen LogP contribution in [0.5, 0.6) is 11.5 Å². The Hall–Kier alpha value is -4.99. The minimum absolute atomic E-state index is 0.104. The number of rotatable bonds is 7. The number of hydrogen-bond donors (Lipinski definition) is 2. The number of halogens is 1. The fraction of sp³-hybridized carbons (Fsp3) is 0.111. The highest BCUT2D eigenvalue weighted by atomic mass is 19.1. The number of hydrogen-bond acceptors (Lipinski definition) is 6. The molecule has 0 saturated carbocycles. The van der Waals surface area contributed by atoms with E-state index in [0.29, 0.717) is 11.3 Å². The number of aryl methyl sites for hydroxylation is 1. The number of urea groups is 1. The van der Waals surface area contributed by atoms with E-state index in [2.05, 4.69) is 10.6 Å². The van der Waals surface area contributed by atoms with Gasteiger partial charge in [0.05, 0.1) is 12.8 Å². The smallest absolute Gasteiger partial charge is 0.335 e. The normalized spacial score (nSPS) is 14.4. The summed E-state index contributed by atoms with van der Waals surface area (Å²) in [5, 5.41) is 4.84. The molecular formula is C27H22FN3O6. The number of nitrogens with one attached hydrogen (secondary N) is 2. The molecule has 0 atom stereocenters. The fourth-order valence-corrected chi connectivity index (χ4v) is 3.61.